The molecule has 3 atom stereocenters. The fourth-order valence-electron chi connectivity index (χ4n) is 5.38. The quantitative estimate of drug-likeness (QED) is 0.409. The molecule has 2 aromatic carbocycles. The smallest absolute Gasteiger partial charge is 0.339 e. The highest BCUT2D eigenvalue weighted by atomic mass is 16.5. The third-order valence-electron chi connectivity index (χ3n) is 7.32. The number of para-hydroxylation sites is 1. The fourth-order valence-corrected chi connectivity index (χ4v) is 5.38. The van der Waals surface area contributed by atoms with Crippen molar-refractivity contribution in [1.82, 2.24) is 29.7 Å². The highest BCUT2D eigenvalue weighted by Gasteiger charge is 2.46. The van der Waals surface area contributed by atoms with Gasteiger partial charge in [0.1, 0.15) is 17.4 Å². The molecule has 2 aliphatic rings. The number of carboxylic acids is 1. The van der Waals surface area contributed by atoms with Crippen molar-refractivity contribution in [1.29, 1.82) is 0 Å². The van der Waals surface area contributed by atoms with E-state index in [1.807, 2.05) is 37.5 Å². The molecular weight excluding hydrogens is 468 g/mol. The van der Waals surface area contributed by atoms with Crippen molar-refractivity contribution < 1.29 is 14.6 Å². The maximum atomic E-state index is 12.1. The number of aryl methyl sites for hydroxylation is 1. The van der Waals surface area contributed by atoms with Crippen LogP contribution in [0.25, 0.3) is 5.69 Å². The molecule has 0 unspecified atom stereocenters. The third-order valence-corrected chi connectivity index (χ3v) is 7.32. The van der Waals surface area contributed by atoms with Crippen molar-refractivity contribution >= 4 is 5.97 Å². The Morgan fingerprint density at radius 3 is 2.81 bits per heavy atom. The van der Waals surface area contributed by atoms with Gasteiger partial charge >= 0.3 is 5.97 Å². The number of aromatic carboxylic acids is 1. The summed E-state index contributed by atoms with van der Waals surface area (Å²) in [6.07, 6.45) is 5.27. The van der Waals surface area contributed by atoms with E-state index in [0.29, 0.717) is 0 Å². The molecule has 3 heterocycles. The van der Waals surface area contributed by atoms with Gasteiger partial charge in [0, 0.05) is 50.3 Å². The summed E-state index contributed by atoms with van der Waals surface area (Å²) in [5.41, 5.74) is 5.06. The van der Waals surface area contributed by atoms with Crippen LogP contribution in [-0.4, -0.2) is 53.4 Å². The summed E-state index contributed by atoms with van der Waals surface area (Å²) < 4.78 is 9.74. The maximum Gasteiger partial charge on any atom is 0.339 e. The van der Waals surface area contributed by atoms with E-state index in [0.717, 1.165) is 60.9 Å². The lowest BCUT2D eigenvalue weighted by Crippen LogP contribution is -2.32. The number of aromatic nitrogens is 5. The highest BCUT2D eigenvalue weighted by molar-refractivity contribution is 5.89. The Bertz CT molecular complexity index is 1440. The van der Waals surface area contributed by atoms with Crippen molar-refractivity contribution in [3.8, 4) is 11.4 Å². The molecule has 2 aromatic heterocycles. The Balaban J connectivity index is 1.28. The number of carboxylic acid groups (broad SMARTS) is 1. The molecule has 0 amide bonds. The zero-order chi connectivity index (χ0) is 25.5. The van der Waals surface area contributed by atoms with Gasteiger partial charge in [-0.15, -0.1) is 5.10 Å². The molecule has 0 radical (unpaired) electrons. The number of fused-ring (bicyclic) bond motifs is 1. The van der Waals surface area contributed by atoms with E-state index in [2.05, 4.69) is 51.5 Å². The van der Waals surface area contributed by atoms with Crippen LogP contribution >= 0.6 is 0 Å². The molecule has 1 aliphatic heterocycles. The van der Waals surface area contributed by atoms with Gasteiger partial charge in [0.25, 0.3) is 0 Å². The van der Waals surface area contributed by atoms with Gasteiger partial charge in [-0.3, -0.25) is 9.58 Å². The highest BCUT2D eigenvalue weighted by Crippen LogP contribution is 2.55. The van der Waals surface area contributed by atoms with Gasteiger partial charge in [-0.1, -0.05) is 42.5 Å². The average Bonchev–Trinajstić information content (AvgIpc) is 3.41. The van der Waals surface area contributed by atoms with Gasteiger partial charge in [-0.05, 0) is 36.6 Å². The monoisotopic (exact) mass is 498 g/mol. The Labute approximate surface area is 215 Å². The van der Waals surface area contributed by atoms with E-state index >= 15 is 0 Å². The van der Waals surface area contributed by atoms with E-state index in [1.54, 1.807) is 9.36 Å². The van der Waals surface area contributed by atoms with E-state index in [4.69, 9.17) is 4.74 Å². The van der Waals surface area contributed by atoms with Gasteiger partial charge in [-0.25, -0.2) is 9.48 Å². The predicted molar refractivity (Wildman–Crippen MR) is 137 cm³/mol. The summed E-state index contributed by atoms with van der Waals surface area (Å²) in [6.45, 7) is 4.57. The van der Waals surface area contributed by atoms with Crippen LogP contribution in [0.4, 0.5) is 0 Å². The van der Waals surface area contributed by atoms with Crippen LogP contribution in [0.5, 0.6) is 5.75 Å². The number of benzene rings is 2. The lowest BCUT2D eigenvalue weighted by Gasteiger charge is -2.23. The van der Waals surface area contributed by atoms with Crippen molar-refractivity contribution in [2.75, 3.05) is 6.54 Å². The van der Waals surface area contributed by atoms with Crippen molar-refractivity contribution in [2.24, 2.45) is 7.05 Å². The molecular formula is C28H30N6O3. The SMILES string of the molecule is CC[C@@H]1CN(Cc2cccc(-n3ncc(C(=O)O)c3[C@@H]3C[C@H]3c3cn(C)nn3)c2)Cc2ccccc2O1. The predicted octanol–water partition coefficient (Wildman–Crippen LogP) is 4.14. The van der Waals surface area contributed by atoms with Crippen LogP contribution in [0, 0.1) is 0 Å². The molecule has 9 heteroatoms. The van der Waals surface area contributed by atoms with Crippen LogP contribution in [0.2, 0.25) is 0 Å². The van der Waals surface area contributed by atoms with Gasteiger partial charge in [0.15, 0.2) is 0 Å². The van der Waals surface area contributed by atoms with Crippen LogP contribution in [-0.2, 0) is 20.1 Å². The summed E-state index contributed by atoms with van der Waals surface area (Å²) in [7, 11) is 1.84. The molecule has 1 saturated carbocycles. The van der Waals surface area contributed by atoms with Gasteiger partial charge in [0.05, 0.1) is 23.3 Å². The minimum atomic E-state index is -0.962. The van der Waals surface area contributed by atoms with E-state index in [9.17, 15) is 9.90 Å². The van der Waals surface area contributed by atoms with Gasteiger partial charge in [-0.2, -0.15) is 5.10 Å². The zero-order valence-electron chi connectivity index (χ0n) is 21.0. The number of hydrogen-bond acceptors (Lipinski definition) is 6. The van der Waals surface area contributed by atoms with Gasteiger partial charge in [0.2, 0.25) is 0 Å². The standard InChI is InChI=1S/C28H30N6O3/c1-3-21-16-33(15-19-8-4-5-10-26(19)37-21)14-18-7-6-9-20(11-18)34-27(24(13-29-34)28(35)36)23-12-22(23)25-17-32(2)31-30-25/h4-11,13,17,21-23H,3,12,14-16H2,1-2H3,(H,35,36)/t21-,22-,23-/m1/s1. The molecule has 1 fully saturated rings. The number of rotatable bonds is 7. The van der Waals surface area contributed by atoms with Crippen LogP contribution < -0.4 is 4.74 Å². The van der Waals surface area contributed by atoms with Crippen molar-refractivity contribution in [3.05, 3.63) is 89.0 Å². The minimum absolute atomic E-state index is 0.0403. The second-order valence-electron chi connectivity index (χ2n) is 10.0. The first kappa shape index (κ1) is 23.4. The molecule has 1 N–H and O–H groups in total. The summed E-state index contributed by atoms with van der Waals surface area (Å²) in [6, 6.07) is 16.5. The van der Waals surface area contributed by atoms with E-state index in [1.165, 1.54) is 11.8 Å². The Morgan fingerprint density at radius 2 is 2.03 bits per heavy atom. The molecule has 0 saturated heterocycles. The molecule has 1 aliphatic carbocycles. The molecule has 37 heavy (non-hydrogen) atoms. The number of ether oxygens (including phenoxy) is 1. The average molecular weight is 499 g/mol. The van der Waals surface area contributed by atoms with E-state index in [-0.39, 0.29) is 23.5 Å². The fraction of sp³-hybridized carbons (Fsp3) is 0.357. The maximum absolute atomic E-state index is 12.1. The minimum Gasteiger partial charge on any atom is -0.489 e. The Morgan fingerprint density at radius 1 is 1.16 bits per heavy atom. The lowest BCUT2D eigenvalue weighted by molar-refractivity contribution is 0.0695. The largest absolute Gasteiger partial charge is 0.489 e. The Hall–Kier alpha value is -3.98. The number of carbonyl (C=O) groups is 1. The first-order chi connectivity index (χ1) is 18.0. The second-order valence-corrected chi connectivity index (χ2v) is 10.0. The summed E-state index contributed by atoms with van der Waals surface area (Å²) >= 11 is 0. The number of hydrogen-bond donors (Lipinski definition) is 1. The van der Waals surface area contributed by atoms with Crippen molar-refractivity contribution in [2.45, 2.75) is 50.8 Å². The molecule has 190 valence electrons. The Kier molecular flexibility index (Phi) is 6.00. The second kappa shape index (κ2) is 9.48. The topological polar surface area (TPSA) is 98.3 Å². The van der Waals surface area contributed by atoms with Crippen LogP contribution in [0.15, 0.2) is 60.9 Å². The van der Waals surface area contributed by atoms with Gasteiger partial charge < -0.3 is 9.84 Å². The lowest BCUT2D eigenvalue weighted by atomic mass is 10.1. The first-order valence-electron chi connectivity index (χ1n) is 12.7. The summed E-state index contributed by atoms with van der Waals surface area (Å²) in [4.78, 5) is 14.5. The summed E-state index contributed by atoms with van der Waals surface area (Å²) in [5.74, 6) is 0.193. The third kappa shape index (κ3) is 4.62. The number of nitrogens with zero attached hydrogens (tertiary/aromatic N) is 6. The molecule has 0 bridgehead atoms. The first-order valence-corrected chi connectivity index (χ1v) is 12.7. The molecule has 0 spiro atoms. The normalized spacial score (nSPS) is 21.2. The molecule has 4 aromatic rings. The van der Waals surface area contributed by atoms with Crippen LogP contribution in [0.1, 0.15) is 64.5 Å². The molecule has 9 nitrogen and oxygen atoms in total. The molecule has 6 rings (SSSR count). The summed E-state index contributed by atoms with van der Waals surface area (Å²) in [5, 5.41) is 22.7. The van der Waals surface area contributed by atoms with E-state index < -0.39 is 5.97 Å². The van der Waals surface area contributed by atoms with Crippen molar-refractivity contribution in [3.63, 3.8) is 0 Å². The van der Waals surface area contributed by atoms with Crippen LogP contribution in [0.3, 0.4) is 0 Å². The zero-order valence-corrected chi connectivity index (χ0v) is 21.0.